The van der Waals surface area contributed by atoms with Gasteiger partial charge in [0.2, 0.25) is 0 Å². The third kappa shape index (κ3) is 2.78. The van der Waals surface area contributed by atoms with Gasteiger partial charge < -0.3 is 5.32 Å². The lowest BCUT2D eigenvalue weighted by atomic mass is 9.93. The van der Waals surface area contributed by atoms with Crippen LogP contribution < -0.4 is 5.32 Å². The van der Waals surface area contributed by atoms with Crippen molar-refractivity contribution in [2.75, 3.05) is 6.54 Å². The molecular weight excluding hydrogens is 242 g/mol. The Hall–Kier alpha value is -1.60. The molecule has 20 heavy (non-hydrogen) atoms. The lowest BCUT2D eigenvalue weighted by Gasteiger charge is -2.22. The fourth-order valence-corrected chi connectivity index (χ4v) is 3.36. The van der Waals surface area contributed by atoms with Gasteiger partial charge in [0.15, 0.2) is 0 Å². The van der Waals surface area contributed by atoms with E-state index in [1.807, 2.05) is 0 Å². The van der Waals surface area contributed by atoms with Crippen molar-refractivity contribution in [1.29, 1.82) is 0 Å². The molecule has 104 valence electrons. The third-order valence-corrected chi connectivity index (χ3v) is 4.30. The maximum atomic E-state index is 3.76. The monoisotopic (exact) mass is 265 g/mol. The van der Waals surface area contributed by atoms with Crippen molar-refractivity contribution < 1.29 is 0 Å². The van der Waals surface area contributed by atoms with Gasteiger partial charge in [-0.05, 0) is 48.4 Å². The Morgan fingerprint density at radius 1 is 1.00 bits per heavy atom. The van der Waals surface area contributed by atoms with E-state index in [2.05, 4.69) is 66.8 Å². The van der Waals surface area contributed by atoms with E-state index in [0.717, 1.165) is 13.0 Å². The number of hydrogen-bond donors (Lipinski definition) is 1. The second kappa shape index (κ2) is 6.23. The van der Waals surface area contributed by atoms with E-state index >= 15 is 0 Å². The fraction of sp³-hybridized carbons (Fsp3) is 0.368. The predicted molar refractivity (Wildman–Crippen MR) is 84.8 cm³/mol. The standard InChI is InChI=1S/C19H23N/c1-2-12-20-19-17(13-15-8-4-3-5-9-15)14-16-10-6-7-11-18(16)19/h3-11,17,19-20H,2,12-14H2,1H3. The Bertz CT molecular complexity index is 547. The van der Waals surface area contributed by atoms with Crippen molar-refractivity contribution in [3.63, 3.8) is 0 Å². The molecule has 0 bridgehead atoms. The molecule has 2 aromatic carbocycles. The molecule has 1 aliphatic rings. The van der Waals surface area contributed by atoms with Crippen LogP contribution in [-0.4, -0.2) is 6.54 Å². The van der Waals surface area contributed by atoms with Crippen LogP contribution in [0.15, 0.2) is 54.6 Å². The maximum Gasteiger partial charge on any atom is 0.0357 e. The van der Waals surface area contributed by atoms with Crippen LogP contribution in [0, 0.1) is 5.92 Å². The first-order valence-corrected chi connectivity index (χ1v) is 7.73. The van der Waals surface area contributed by atoms with Gasteiger partial charge in [0, 0.05) is 6.04 Å². The Labute approximate surface area is 122 Å². The molecule has 0 saturated heterocycles. The lowest BCUT2D eigenvalue weighted by molar-refractivity contribution is 0.387. The number of fused-ring (bicyclic) bond motifs is 1. The Kier molecular flexibility index (Phi) is 4.17. The Morgan fingerprint density at radius 3 is 2.55 bits per heavy atom. The van der Waals surface area contributed by atoms with E-state index in [1.165, 1.54) is 29.5 Å². The van der Waals surface area contributed by atoms with Crippen molar-refractivity contribution in [1.82, 2.24) is 5.32 Å². The zero-order valence-corrected chi connectivity index (χ0v) is 12.2. The molecule has 0 aliphatic heterocycles. The van der Waals surface area contributed by atoms with Gasteiger partial charge in [-0.15, -0.1) is 0 Å². The normalized spacial score (nSPS) is 20.9. The second-order valence-corrected chi connectivity index (χ2v) is 5.78. The molecule has 0 saturated carbocycles. The van der Waals surface area contributed by atoms with Gasteiger partial charge in [0.05, 0.1) is 0 Å². The molecule has 0 aromatic heterocycles. The van der Waals surface area contributed by atoms with Crippen molar-refractivity contribution in [3.8, 4) is 0 Å². The van der Waals surface area contributed by atoms with Crippen LogP contribution in [0.25, 0.3) is 0 Å². The number of benzene rings is 2. The van der Waals surface area contributed by atoms with Crippen LogP contribution in [0.2, 0.25) is 0 Å². The highest BCUT2D eigenvalue weighted by Crippen LogP contribution is 2.37. The van der Waals surface area contributed by atoms with E-state index < -0.39 is 0 Å². The maximum absolute atomic E-state index is 3.76. The van der Waals surface area contributed by atoms with Crippen LogP contribution in [-0.2, 0) is 12.8 Å². The van der Waals surface area contributed by atoms with E-state index in [9.17, 15) is 0 Å². The molecule has 0 radical (unpaired) electrons. The minimum absolute atomic E-state index is 0.520. The van der Waals surface area contributed by atoms with Gasteiger partial charge in [0.25, 0.3) is 0 Å². The summed E-state index contributed by atoms with van der Waals surface area (Å²) in [5.41, 5.74) is 4.50. The molecule has 2 atom stereocenters. The molecule has 1 N–H and O–H groups in total. The molecule has 0 fully saturated rings. The Morgan fingerprint density at radius 2 is 1.75 bits per heavy atom. The summed E-state index contributed by atoms with van der Waals surface area (Å²) < 4.78 is 0. The van der Waals surface area contributed by atoms with E-state index in [-0.39, 0.29) is 0 Å². The molecule has 3 rings (SSSR count). The molecule has 0 amide bonds. The zero-order chi connectivity index (χ0) is 13.8. The highest BCUT2D eigenvalue weighted by Gasteiger charge is 2.31. The fourth-order valence-electron chi connectivity index (χ4n) is 3.36. The summed E-state index contributed by atoms with van der Waals surface area (Å²) in [6.07, 6.45) is 3.56. The van der Waals surface area contributed by atoms with Gasteiger partial charge in [-0.3, -0.25) is 0 Å². The van der Waals surface area contributed by atoms with Crippen LogP contribution in [0.5, 0.6) is 0 Å². The van der Waals surface area contributed by atoms with Crippen LogP contribution in [0.4, 0.5) is 0 Å². The van der Waals surface area contributed by atoms with Crippen molar-refractivity contribution >= 4 is 0 Å². The smallest absolute Gasteiger partial charge is 0.0357 e. The molecule has 1 heteroatoms. The summed E-state index contributed by atoms with van der Waals surface area (Å²) in [6.45, 7) is 3.34. The highest BCUT2D eigenvalue weighted by molar-refractivity contribution is 5.36. The first-order chi connectivity index (χ1) is 9.88. The predicted octanol–water partition coefficient (Wildman–Crippen LogP) is 4.14. The van der Waals surface area contributed by atoms with Crippen LogP contribution in [0.1, 0.15) is 36.1 Å². The summed E-state index contributed by atoms with van der Waals surface area (Å²) in [6, 6.07) is 20.3. The van der Waals surface area contributed by atoms with Crippen molar-refractivity contribution in [2.45, 2.75) is 32.2 Å². The van der Waals surface area contributed by atoms with Crippen molar-refractivity contribution in [3.05, 3.63) is 71.3 Å². The molecular formula is C19H23N. The van der Waals surface area contributed by atoms with E-state index in [0.29, 0.717) is 12.0 Å². The van der Waals surface area contributed by atoms with Gasteiger partial charge in [-0.2, -0.15) is 0 Å². The average molecular weight is 265 g/mol. The summed E-state index contributed by atoms with van der Waals surface area (Å²) in [5, 5.41) is 3.76. The van der Waals surface area contributed by atoms with Crippen molar-refractivity contribution in [2.24, 2.45) is 5.92 Å². The Balaban J connectivity index is 1.80. The molecule has 0 heterocycles. The highest BCUT2D eigenvalue weighted by atomic mass is 14.9. The minimum Gasteiger partial charge on any atom is -0.310 e. The van der Waals surface area contributed by atoms with Gasteiger partial charge in [0.1, 0.15) is 0 Å². The minimum atomic E-state index is 0.520. The molecule has 0 spiro atoms. The number of hydrogen-bond acceptors (Lipinski definition) is 1. The molecule has 1 aliphatic carbocycles. The topological polar surface area (TPSA) is 12.0 Å². The third-order valence-electron chi connectivity index (χ3n) is 4.30. The SMILES string of the molecule is CCCNC1c2ccccc2CC1Cc1ccccc1. The molecule has 2 unspecified atom stereocenters. The lowest BCUT2D eigenvalue weighted by Crippen LogP contribution is -2.27. The van der Waals surface area contributed by atoms with E-state index in [1.54, 1.807) is 0 Å². The number of rotatable bonds is 5. The van der Waals surface area contributed by atoms with Gasteiger partial charge >= 0.3 is 0 Å². The zero-order valence-electron chi connectivity index (χ0n) is 12.2. The van der Waals surface area contributed by atoms with E-state index in [4.69, 9.17) is 0 Å². The van der Waals surface area contributed by atoms with Crippen LogP contribution in [0.3, 0.4) is 0 Å². The summed E-state index contributed by atoms with van der Waals surface area (Å²) >= 11 is 0. The molecule has 2 aromatic rings. The van der Waals surface area contributed by atoms with Crippen LogP contribution >= 0.6 is 0 Å². The molecule has 1 nitrogen and oxygen atoms in total. The first kappa shape index (κ1) is 13.4. The summed E-state index contributed by atoms with van der Waals surface area (Å²) in [5.74, 6) is 0.682. The quantitative estimate of drug-likeness (QED) is 0.856. The number of nitrogens with one attached hydrogen (secondary N) is 1. The first-order valence-electron chi connectivity index (χ1n) is 7.73. The largest absolute Gasteiger partial charge is 0.310 e. The summed E-state index contributed by atoms with van der Waals surface area (Å²) in [4.78, 5) is 0. The summed E-state index contributed by atoms with van der Waals surface area (Å²) in [7, 11) is 0. The second-order valence-electron chi connectivity index (χ2n) is 5.78. The van der Waals surface area contributed by atoms with Gasteiger partial charge in [-0.1, -0.05) is 61.5 Å². The average Bonchev–Trinajstić information content (AvgIpc) is 2.83. The van der Waals surface area contributed by atoms with Gasteiger partial charge in [-0.25, -0.2) is 0 Å².